The summed E-state index contributed by atoms with van der Waals surface area (Å²) in [6.07, 6.45) is 5.03. The standard InChI is InChI=1S/C20H23N3O3/c1-2-26-18-7-3-16(4-8-18)5-10-20(24)22-19-9-6-17(15-21-19)23-11-13-25-14-12-23/h3-10,15H,2,11-14H2,1H3,(H,21,22,24)/b10-5+. The SMILES string of the molecule is CCOc1ccc(/C=C/C(=O)Nc2ccc(N3CCOCC3)cn2)cc1. The molecule has 1 saturated heterocycles. The van der Waals surface area contributed by atoms with Crippen LogP contribution < -0.4 is 15.0 Å². The van der Waals surface area contributed by atoms with Gasteiger partial charge >= 0.3 is 0 Å². The summed E-state index contributed by atoms with van der Waals surface area (Å²) in [7, 11) is 0. The van der Waals surface area contributed by atoms with E-state index < -0.39 is 0 Å². The van der Waals surface area contributed by atoms with Crippen LogP contribution in [-0.2, 0) is 9.53 Å². The zero-order chi connectivity index (χ0) is 18.2. The maximum Gasteiger partial charge on any atom is 0.249 e. The highest BCUT2D eigenvalue weighted by atomic mass is 16.5. The van der Waals surface area contributed by atoms with Crippen molar-refractivity contribution in [2.24, 2.45) is 0 Å². The highest BCUT2D eigenvalue weighted by Gasteiger charge is 2.11. The Labute approximate surface area is 153 Å². The molecule has 2 heterocycles. The second kappa shape index (κ2) is 9.01. The maximum atomic E-state index is 12.1. The average Bonchev–Trinajstić information content (AvgIpc) is 2.69. The summed E-state index contributed by atoms with van der Waals surface area (Å²) < 4.78 is 10.7. The molecule has 0 atom stereocenters. The third kappa shape index (κ3) is 5.07. The second-order valence-corrected chi connectivity index (χ2v) is 5.83. The normalized spacial score (nSPS) is 14.4. The Hall–Kier alpha value is -2.86. The number of hydrogen-bond donors (Lipinski definition) is 1. The van der Waals surface area contributed by atoms with E-state index in [1.54, 1.807) is 12.3 Å². The average molecular weight is 353 g/mol. The van der Waals surface area contributed by atoms with Crippen LogP contribution in [0.3, 0.4) is 0 Å². The number of amides is 1. The number of carbonyl (C=O) groups is 1. The van der Waals surface area contributed by atoms with Gasteiger partial charge in [0.1, 0.15) is 11.6 Å². The van der Waals surface area contributed by atoms with Crippen molar-refractivity contribution in [3.63, 3.8) is 0 Å². The van der Waals surface area contributed by atoms with E-state index in [1.807, 2.05) is 43.3 Å². The number of ether oxygens (including phenoxy) is 2. The van der Waals surface area contributed by atoms with E-state index in [1.165, 1.54) is 6.08 Å². The summed E-state index contributed by atoms with van der Waals surface area (Å²) in [6, 6.07) is 11.4. The van der Waals surface area contributed by atoms with E-state index in [0.717, 1.165) is 43.3 Å². The van der Waals surface area contributed by atoms with Gasteiger partial charge in [-0.05, 0) is 42.8 Å². The number of morpholine rings is 1. The molecule has 1 aliphatic rings. The lowest BCUT2D eigenvalue weighted by Crippen LogP contribution is -2.36. The van der Waals surface area contributed by atoms with Crippen LogP contribution in [0.25, 0.3) is 6.08 Å². The van der Waals surface area contributed by atoms with Crippen molar-refractivity contribution in [1.82, 2.24) is 4.98 Å². The molecule has 26 heavy (non-hydrogen) atoms. The molecule has 0 bridgehead atoms. The van der Waals surface area contributed by atoms with Crippen LogP contribution in [0.15, 0.2) is 48.7 Å². The Morgan fingerprint density at radius 1 is 1.23 bits per heavy atom. The quantitative estimate of drug-likeness (QED) is 0.809. The third-order valence-corrected chi connectivity index (χ3v) is 3.99. The van der Waals surface area contributed by atoms with E-state index in [4.69, 9.17) is 9.47 Å². The minimum atomic E-state index is -0.217. The highest BCUT2D eigenvalue weighted by Crippen LogP contribution is 2.17. The van der Waals surface area contributed by atoms with Crippen molar-refractivity contribution < 1.29 is 14.3 Å². The molecule has 1 N–H and O–H groups in total. The van der Waals surface area contributed by atoms with Crippen molar-refractivity contribution in [3.05, 3.63) is 54.2 Å². The lowest BCUT2D eigenvalue weighted by atomic mass is 10.2. The number of rotatable bonds is 6. The van der Waals surface area contributed by atoms with Gasteiger partial charge in [-0.15, -0.1) is 0 Å². The van der Waals surface area contributed by atoms with Crippen LogP contribution in [0, 0.1) is 0 Å². The Balaban J connectivity index is 1.53. The van der Waals surface area contributed by atoms with Crippen molar-refractivity contribution in [2.45, 2.75) is 6.92 Å². The molecule has 0 spiro atoms. The fourth-order valence-corrected chi connectivity index (χ4v) is 2.65. The highest BCUT2D eigenvalue weighted by molar-refractivity contribution is 6.01. The molecule has 1 aromatic heterocycles. The lowest BCUT2D eigenvalue weighted by Gasteiger charge is -2.28. The molecular weight excluding hydrogens is 330 g/mol. The molecule has 2 aromatic rings. The molecule has 3 rings (SSSR count). The van der Waals surface area contributed by atoms with Crippen molar-refractivity contribution in [2.75, 3.05) is 43.1 Å². The van der Waals surface area contributed by atoms with Crippen molar-refractivity contribution in [3.8, 4) is 5.75 Å². The van der Waals surface area contributed by atoms with E-state index in [9.17, 15) is 4.79 Å². The molecular formula is C20H23N3O3. The number of carbonyl (C=O) groups excluding carboxylic acids is 1. The van der Waals surface area contributed by atoms with Crippen LogP contribution in [0.5, 0.6) is 5.75 Å². The minimum Gasteiger partial charge on any atom is -0.494 e. The van der Waals surface area contributed by atoms with Crippen LogP contribution in [0.4, 0.5) is 11.5 Å². The number of nitrogens with one attached hydrogen (secondary N) is 1. The Bertz CT molecular complexity index is 736. The minimum absolute atomic E-state index is 0.217. The molecule has 1 fully saturated rings. The predicted molar refractivity (Wildman–Crippen MR) is 103 cm³/mol. The molecule has 6 nitrogen and oxygen atoms in total. The fraction of sp³-hybridized carbons (Fsp3) is 0.300. The first-order chi connectivity index (χ1) is 12.7. The van der Waals surface area contributed by atoms with Gasteiger partial charge in [0, 0.05) is 19.2 Å². The lowest BCUT2D eigenvalue weighted by molar-refractivity contribution is -0.111. The number of benzene rings is 1. The molecule has 0 aliphatic carbocycles. The molecule has 0 unspecified atom stereocenters. The first-order valence-electron chi connectivity index (χ1n) is 8.75. The Morgan fingerprint density at radius 3 is 2.65 bits per heavy atom. The topological polar surface area (TPSA) is 63.7 Å². The van der Waals surface area contributed by atoms with Gasteiger partial charge in [-0.1, -0.05) is 12.1 Å². The molecule has 1 amide bonds. The van der Waals surface area contributed by atoms with Crippen LogP contribution >= 0.6 is 0 Å². The number of hydrogen-bond acceptors (Lipinski definition) is 5. The first-order valence-corrected chi connectivity index (χ1v) is 8.75. The zero-order valence-electron chi connectivity index (χ0n) is 14.9. The summed E-state index contributed by atoms with van der Waals surface area (Å²) in [6.45, 7) is 5.76. The summed E-state index contributed by atoms with van der Waals surface area (Å²) in [5.41, 5.74) is 1.97. The fourth-order valence-electron chi connectivity index (χ4n) is 2.65. The van der Waals surface area contributed by atoms with E-state index in [-0.39, 0.29) is 5.91 Å². The number of aromatic nitrogens is 1. The third-order valence-electron chi connectivity index (χ3n) is 3.99. The summed E-state index contributed by atoms with van der Waals surface area (Å²) in [5, 5.41) is 2.77. The zero-order valence-corrected chi connectivity index (χ0v) is 14.9. The largest absolute Gasteiger partial charge is 0.494 e. The number of nitrogens with zero attached hydrogens (tertiary/aromatic N) is 2. The van der Waals surface area contributed by atoms with Gasteiger partial charge in [-0.2, -0.15) is 0 Å². The summed E-state index contributed by atoms with van der Waals surface area (Å²) in [5.74, 6) is 1.13. The summed E-state index contributed by atoms with van der Waals surface area (Å²) in [4.78, 5) is 18.6. The molecule has 1 aromatic carbocycles. The van der Waals surface area contributed by atoms with Crippen LogP contribution in [0.2, 0.25) is 0 Å². The van der Waals surface area contributed by atoms with Gasteiger partial charge in [0.25, 0.3) is 0 Å². The predicted octanol–water partition coefficient (Wildman–Crippen LogP) is 2.97. The maximum absolute atomic E-state index is 12.1. The molecule has 136 valence electrons. The molecule has 1 aliphatic heterocycles. The summed E-state index contributed by atoms with van der Waals surface area (Å²) >= 11 is 0. The van der Waals surface area contributed by atoms with E-state index in [0.29, 0.717) is 12.4 Å². The Morgan fingerprint density at radius 2 is 2.00 bits per heavy atom. The van der Waals surface area contributed by atoms with Gasteiger partial charge < -0.3 is 19.7 Å². The van der Waals surface area contributed by atoms with Gasteiger partial charge in [0.05, 0.1) is 31.7 Å². The molecule has 0 radical (unpaired) electrons. The first kappa shape index (κ1) is 17.9. The molecule has 6 heteroatoms. The smallest absolute Gasteiger partial charge is 0.249 e. The monoisotopic (exact) mass is 353 g/mol. The van der Waals surface area contributed by atoms with E-state index >= 15 is 0 Å². The number of pyridine rings is 1. The van der Waals surface area contributed by atoms with Gasteiger partial charge in [-0.3, -0.25) is 4.79 Å². The van der Waals surface area contributed by atoms with Crippen molar-refractivity contribution >= 4 is 23.5 Å². The number of anilines is 2. The molecule has 0 saturated carbocycles. The Kier molecular flexibility index (Phi) is 6.22. The van der Waals surface area contributed by atoms with Crippen LogP contribution in [-0.4, -0.2) is 43.8 Å². The second-order valence-electron chi connectivity index (χ2n) is 5.83. The van der Waals surface area contributed by atoms with Gasteiger partial charge in [0.2, 0.25) is 5.91 Å². The van der Waals surface area contributed by atoms with Gasteiger partial charge in [-0.25, -0.2) is 4.98 Å². The van der Waals surface area contributed by atoms with Crippen molar-refractivity contribution in [1.29, 1.82) is 0 Å². The van der Waals surface area contributed by atoms with E-state index in [2.05, 4.69) is 15.2 Å². The van der Waals surface area contributed by atoms with Gasteiger partial charge in [0.15, 0.2) is 0 Å². The van der Waals surface area contributed by atoms with Crippen LogP contribution in [0.1, 0.15) is 12.5 Å².